The van der Waals surface area contributed by atoms with Crippen molar-refractivity contribution in [2.75, 3.05) is 0 Å². The SMILES string of the molecule is Cc1cc(C)c(-c2c(C)nn(-c3[c-]c(Oc4[c-]c5c(cc4)c4ccccc4n5-c4cc(C(C)C)ccn4)cc(C(C)C)c3)c2CC(C)C)c(C)c1.[Pt+2]. The molecule has 7 rings (SSSR count). The van der Waals surface area contributed by atoms with Crippen molar-refractivity contribution in [2.24, 2.45) is 5.92 Å². The van der Waals surface area contributed by atoms with E-state index in [1.165, 1.54) is 39.1 Å². The van der Waals surface area contributed by atoms with Crippen molar-refractivity contribution in [3.05, 3.63) is 130 Å². The zero-order chi connectivity index (χ0) is 36.1. The first-order valence-electron chi connectivity index (χ1n) is 18.2. The van der Waals surface area contributed by atoms with E-state index >= 15 is 0 Å². The van der Waals surface area contributed by atoms with Gasteiger partial charge in [-0.2, -0.15) is 11.2 Å². The average molecular weight is 868 g/mol. The average Bonchev–Trinajstić information content (AvgIpc) is 3.57. The molecule has 0 N–H and O–H groups in total. The molecule has 3 aromatic heterocycles. The van der Waals surface area contributed by atoms with Crippen molar-refractivity contribution < 1.29 is 25.8 Å². The van der Waals surface area contributed by atoms with Crippen LogP contribution in [0, 0.1) is 45.7 Å². The van der Waals surface area contributed by atoms with Crippen LogP contribution in [0.1, 0.15) is 92.6 Å². The van der Waals surface area contributed by atoms with E-state index in [1.54, 1.807) is 0 Å². The fraction of sp³-hybridized carbons (Fsp3) is 0.304. The van der Waals surface area contributed by atoms with Gasteiger partial charge in [-0.05, 0) is 103 Å². The van der Waals surface area contributed by atoms with Crippen molar-refractivity contribution in [1.29, 1.82) is 0 Å². The maximum Gasteiger partial charge on any atom is 2.00 e. The third-order valence-electron chi connectivity index (χ3n) is 9.87. The van der Waals surface area contributed by atoms with E-state index in [-0.39, 0.29) is 27.0 Å². The van der Waals surface area contributed by atoms with Crippen LogP contribution in [0.25, 0.3) is 44.4 Å². The summed E-state index contributed by atoms with van der Waals surface area (Å²) in [6.07, 6.45) is 2.79. The Morgan fingerprint density at radius 2 is 1.42 bits per heavy atom. The van der Waals surface area contributed by atoms with Crippen LogP contribution in [0.5, 0.6) is 11.5 Å². The van der Waals surface area contributed by atoms with Crippen molar-refractivity contribution in [2.45, 2.75) is 87.5 Å². The van der Waals surface area contributed by atoms with E-state index in [0.29, 0.717) is 23.3 Å². The van der Waals surface area contributed by atoms with E-state index in [1.807, 2.05) is 12.3 Å². The second-order valence-electron chi connectivity index (χ2n) is 15.2. The summed E-state index contributed by atoms with van der Waals surface area (Å²) in [6, 6.07) is 33.0. The summed E-state index contributed by atoms with van der Waals surface area (Å²) < 4.78 is 11.0. The molecule has 52 heavy (non-hydrogen) atoms. The molecule has 0 amide bonds. The van der Waals surface area contributed by atoms with Gasteiger partial charge in [0.2, 0.25) is 0 Å². The molecule has 0 bridgehead atoms. The summed E-state index contributed by atoms with van der Waals surface area (Å²) in [5.74, 6) is 3.25. The van der Waals surface area contributed by atoms with E-state index in [9.17, 15) is 0 Å². The van der Waals surface area contributed by atoms with Gasteiger partial charge in [-0.15, -0.1) is 41.3 Å². The molecular formula is C46H48N4OPt. The van der Waals surface area contributed by atoms with Gasteiger partial charge >= 0.3 is 21.1 Å². The van der Waals surface area contributed by atoms with Gasteiger partial charge in [-0.3, -0.25) is 4.68 Å². The van der Waals surface area contributed by atoms with Crippen LogP contribution in [0.2, 0.25) is 0 Å². The Bertz CT molecular complexity index is 2390. The number of hydrogen-bond donors (Lipinski definition) is 0. The standard InChI is InChI=1S/C46H48N4O.Pt/c1-27(2)19-43-46(45-31(8)20-30(7)21-32(45)9)33(10)48-50(43)36-22-35(29(5)6)23-38(25-36)51-37-15-16-40-39-13-11-12-14-41(39)49(42(40)26-37)44-24-34(28(3)4)17-18-47-44;/h11-18,20-24,27-29H,19H2,1-10H3;/q-2;+2. The monoisotopic (exact) mass is 867 g/mol. The number of rotatable bonds is 9. The molecule has 4 aromatic carbocycles. The van der Waals surface area contributed by atoms with Crippen molar-refractivity contribution in [3.63, 3.8) is 0 Å². The molecule has 0 aliphatic rings. The topological polar surface area (TPSA) is 44.9 Å². The molecule has 5 nitrogen and oxygen atoms in total. The van der Waals surface area contributed by atoms with E-state index < -0.39 is 0 Å². The van der Waals surface area contributed by atoms with Crippen molar-refractivity contribution in [3.8, 4) is 34.1 Å². The maximum absolute atomic E-state index is 6.70. The quantitative estimate of drug-likeness (QED) is 0.136. The number of nitrogens with zero attached hydrogens (tertiary/aromatic N) is 4. The number of benzene rings is 4. The maximum atomic E-state index is 6.70. The Labute approximate surface area is 323 Å². The molecule has 0 fully saturated rings. The number of fused-ring (bicyclic) bond motifs is 3. The zero-order valence-corrected chi connectivity index (χ0v) is 34.2. The molecule has 0 unspecified atom stereocenters. The van der Waals surface area contributed by atoms with Gasteiger partial charge in [0, 0.05) is 28.8 Å². The van der Waals surface area contributed by atoms with E-state index in [4.69, 9.17) is 14.8 Å². The zero-order valence-electron chi connectivity index (χ0n) is 32.0. The molecule has 0 radical (unpaired) electrons. The van der Waals surface area contributed by atoms with Gasteiger partial charge in [-0.1, -0.05) is 83.0 Å². The van der Waals surface area contributed by atoms with Crippen LogP contribution in [-0.4, -0.2) is 19.3 Å². The number of hydrogen-bond acceptors (Lipinski definition) is 3. The molecule has 0 aliphatic heterocycles. The van der Waals surface area contributed by atoms with Gasteiger partial charge in [0.05, 0.1) is 11.4 Å². The molecule has 0 aliphatic carbocycles. The van der Waals surface area contributed by atoms with E-state index in [2.05, 4.69) is 157 Å². The molecule has 3 heterocycles. The van der Waals surface area contributed by atoms with Gasteiger partial charge in [0.1, 0.15) is 5.82 Å². The van der Waals surface area contributed by atoms with Crippen molar-refractivity contribution in [1.82, 2.24) is 19.3 Å². The number of aromatic nitrogens is 4. The molecule has 0 saturated carbocycles. The summed E-state index contributed by atoms with van der Waals surface area (Å²) >= 11 is 0. The first-order chi connectivity index (χ1) is 24.4. The number of aryl methyl sites for hydroxylation is 4. The van der Waals surface area contributed by atoms with Crippen LogP contribution >= 0.6 is 0 Å². The minimum atomic E-state index is 0. The van der Waals surface area contributed by atoms with Gasteiger partial charge < -0.3 is 9.30 Å². The summed E-state index contributed by atoms with van der Waals surface area (Å²) in [7, 11) is 0. The van der Waals surface area contributed by atoms with Gasteiger partial charge in [0.15, 0.2) is 0 Å². The van der Waals surface area contributed by atoms with Gasteiger partial charge in [-0.25, -0.2) is 4.98 Å². The van der Waals surface area contributed by atoms with Crippen LogP contribution in [0.15, 0.2) is 79.0 Å². The number of ether oxygens (including phenoxy) is 1. The Balaban J connectivity index is 0.00000464. The molecular weight excluding hydrogens is 820 g/mol. The predicted molar refractivity (Wildman–Crippen MR) is 211 cm³/mol. The molecule has 0 spiro atoms. The minimum Gasteiger partial charge on any atom is -0.509 e. The molecule has 7 aromatic rings. The largest absolute Gasteiger partial charge is 2.00 e. The third-order valence-corrected chi connectivity index (χ3v) is 9.87. The fourth-order valence-electron chi connectivity index (χ4n) is 7.51. The second kappa shape index (κ2) is 14.9. The van der Waals surface area contributed by atoms with Crippen LogP contribution in [0.3, 0.4) is 0 Å². The predicted octanol–water partition coefficient (Wildman–Crippen LogP) is 12.1. The van der Waals surface area contributed by atoms with E-state index in [0.717, 1.165) is 51.0 Å². The molecule has 0 saturated heterocycles. The van der Waals surface area contributed by atoms with Crippen LogP contribution in [0.4, 0.5) is 0 Å². The summed E-state index contributed by atoms with van der Waals surface area (Å²) in [6.45, 7) is 22.1. The van der Waals surface area contributed by atoms with Crippen LogP contribution in [-0.2, 0) is 27.5 Å². The van der Waals surface area contributed by atoms with Crippen LogP contribution < -0.4 is 4.74 Å². The van der Waals surface area contributed by atoms with Gasteiger partial charge in [0.25, 0.3) is 0 Å². The normalized spacial score (nSPS) is 11.7. The first-order valence-corrected chi connectivity index (χ1v) is 18.2. The Hall–Kier alpha value is -4.47. The summed E-state index contributed by atoms with van der Waals surface area (Å²) in [5, 5.41) is 7.47. The van der Waals surface area contributed by atoms with Crippen molar-refractivity contribution >= 4 is 21.8 Å². The number of para-hydroxylation sites is 1. The minimum absolute atomic E-state index is 0. The molecule has 6 heteroatoms. The Kier molecular flexibility index (Phi) is 10.7. The molecule has 0 atom stereocenters. The summed E-state index contributed by atoms with van der Waals surface area (Å²) in [4.78, 5) is 4.82. The Morgan fingerprint density at radius 3 is 2.12 bits per heavy atom. The summed E-state index contributed by atoms with van der Waals surface area (Å²) in [5.41, 5.74) is 13.9. The second-order valence-corrected chi connectivity index (χ2v) is 15.2. The fourth-order valence-corrected chi connectivity index (χ4v) is 7.51. The Morgan fingerprint density at radius 1 is 0.712 bits per heavy atom. The smallest absolute Gasteiger partial charge is 0.509 e. The molecule has 268 valence electrons. The number of pyridine rings is 1. The third kappa shape index (κ3) is 7.00. The first kappa shape index (κ1) is 37.3.